The van der Waals surface area contributed by atoms with Crippen LogP contribution < -0.4 is 0 Å². The van der Waals surface area contributed by atoms with Gasteiger partial charge in [0, 0.05) is 25.7 Å². The summed E-state index contributed by atoms with van der Waals surface area (Å²) in [6.45, 7) is 4.48. The summed E-state index contributed by atoms with van der Waals surface area (Å²) < 4.78 is 0. The molecular formula is C24H37. The topological polar surface area (TPSA) is 0 Å². The number of terminal acetylenes is 1. The molecule has 0 heterocycles. The first kappa shape index (κ1) is 22.7. The lowest BCUT2D eigenvalue weighted by Crippen LogP contribution is -1.94. The highest BCUT2D eigenvalue weighted by atomic mass is 14.1. The molecule has 0 heteroatoms. The van der Waals surface area contributed by atoms with Crippen LogP contribution in [-0.4, -0.2) is 0 Å². The van der Waals surface area contributed by atoms with Crippen molar-refractivity contribution in [1.82, 2.24) is 0 Å². The van der Waals surface area contributed by atoms with E-state index in [1.807, 2.05) is 0 Å². The van der Waals surface area contributed by atoms with Crippen LogP contribution in [0.2, 0.25) is 0 Å². The van der Waals surface area contributed by atoms with E-state index >= 15 is 0 Å². The van der Waals surface area contributed by atoms with Crippen LogP contribution in [0.4, 0.5) is 0 Å². The molecule has 0 saturated heterocycles. The molecule has 0 nitrogen and oxygen atoms in total. The van der Waals surface area contributed by atoms with Gasteiger partial charge in [0.1, 0.15) is 0 Å². The molecule has 0 aromatic heterocycles. The van der Waals surface area contributed by atoms with Gasteiger partial charge in [-0.1, -0.05) is 64.7 Å². The Morgan fingerprint density at radius 3 is 2.04 bits per heavy atom. The minimum Gasteiger partial charge on any atom is -0.120 e. The molecule has 0 saturated carbocycles. The Kier molecular flexibility index (Phi) is 18.6. The fraction of sp³-hybridized carbons (Fsp3) is 0.708. The first-order chi connectivity index (χ1) is 11.8. The first-order valence-corrected chi connectivity index (χ1v) is 10.1. The molecule has 0 fully saturated rings. The molecule has 133 valence electrons. The summed E-state index contributed by atoms with van der Waals surface area (Å²) in [5.41, 5.74) is 0. The third-order valence-corrected chi connectivity index (χ3v) is 4.05. The van der Waals surface area contributed by atoms with Crippen molar-refractivity contribution >= 4 is 0 Å². The third-order valence-electron chi connectivity index (χ3n) is 4.05. The highest BCUT2D eigenvalue weighted by Gasteiger charge is 2.04. The zero-order valence-corrected chi connectivity index (χ0v) is 16.2. The van der Waals surface area contributed by atoms with Gasteiger partial charge in [-0.3, -0.25) is 0 Å². The molecule has 0 amide bonds. The van der Waals surface area contributed by atoms with Crippen LogP contribution in [0, 0.1) is 41.9 Å². The van der Waals surface area contributed by atoms with Crippen molar-refractivity contribution in [2.24, 2.45) is 0 Å². The van der Waals surface area contributed by atoms with E-state index in [9.17, 15) is 0 Å². The van der Waals surface area contributed by atoms with Gasteiger partial charge in [-0.2, -0.15) is 0 Å². The number of hydrogen-bond donors (Lipinski definition) is 0. The van der Waals surface area contributed by atoms with Gasteiger partial charge in [0.25, 0.3) is 0 Å². The van der Waals surface area contributed by atoms with Crippen LogP contribution >= 0.6 is 0 Å². The van der Waals surface area contributed by atoms with Crippen molar-refractivity contribution in [3.05, 3.63) is 5.92 Å². The Balaban J connectivity index is 4.13. The highest BCUT2D eigenvalue weighted by Crippen LogP contribution is 2.16. The lowest BCUT2D eigenvalue weighted by molar-refractivity contribution is 0.665. The third kappa shape index (κ3) is 17.0. The van der Waals surface area contributed by atoms with Gasteiger partial charge in [0.15, 0.2) is 0 Å². The summed E-state index contributed by atoms with van der Waals surface area (Å²) in [6, 6.07) is 0. The second-order valence-corrected chi connectivity index (χ2v) is 6.47. The first-order valence-electron chi connectivity index (χ1n) is 10.1. The Hall–Kier alpha value is -1.32. The Labute approximate surface area is 152 Å². The maximum absolute atomic E-state index is 5.31. The summed E-state index contributed by atoms with van der Waals surface area (Å²) in [7, 11) is 0. The quantitative estimate of drug-likeness (QED) is 0.250. The van der Waals surface area contributed by atoms with Crippen LogP contribution in [-0.2, 0) is 0 Å². The van der Waals surface area contributed by atoms with Crippen LogP contribution in [0.1, 0.15) is 110 Å². The van der Waals surface area contributed by atoms with Crippen molar-refractivity contribution in [1.29, 1.82) is 0 Å². The van der Waals surface area contributed by atoms with Crippen LogP contribution in [0.15, 0.2) is 0 Å². The smallest absolute Gasteiger partial charge is 0.0597 e. The van der Waals surface area contributed by atoms with E-state index in [-0.39, 0.29) is 0 Å². The lowest BCUT2D eigenvalue weighted by atomic mass is 9.97. The summed E-state index contributed by atoms with van der Waals surface area (Å²) in [6.07, 6.45) is 22.7. The van der Waals surface area contributed by atoms with E-state index in [1.54, 1.807) is 0 Å². The lowest BCUT2D eigenvalue weighted by Gasteiger charge is -2.05. The minimum absolute atomic E-state index is 0.864. The molecule has 0 aromatic carbocycles. The molecule has 0 N–H and O–H groups in total. The minimum atomic E-state index is 0.864. The van der Waals surface area contributed by atoms with Gasteiger partial charge in [0.05, 0.1) is 5.92 Å². The summed E-state index contributed by atoms with van der Waals surface area (Å²) in [5.74, 6) is 17.5. The molecule has 0 rings (SSSR count). The van der Waals surface area contributed by atoms with Crippen LogP contribution in [0.5, 0.6) is 0 Å². The van der Waals surface area contributed by atoms with Gasteiger partial charge in [-0.05, 0) is 25.7 Å². The Morgan fingerprint density at radius 2 is 1.29 bits per heavy atom. The SMILES string of the molecule is C#CCCCCC[C](C#CCCCCCC)CC#CCCCCC. The number of rotatable bonds is 13. The molecule has 0 aliphatic heterocycles. The molecule has 0 aliphatic carbocycles. The van der Waals surface area contributed by atoms with E-state index in [0.717, 1.165) is 38.5 Å². The van der Waals surface area contributed by atoms with E-state index in [2.05, 4.69) is 43.4 Å². The second-order valence-electron chi connectivity index (χ2n) is 6.47. The molecular weight excluding hydrogens is 288 g/mol. The zero-order valence-electron chi connectivity index (χ0n) is 16.2. The van der Waals surface area contributed by atoms with Crippen molar-refractivity contribution < 1.29 is 0 Å². The Bertz CT molecular complexity index is 415. The fourth-order valence-corrected chi connectivity index (χ4v) is 2.49. The average Bonchev–Trinajstić information content (AvgIpc) is 2.60. The van der Waals surface area contributed by atoms with Crippen molar-refractivity contribution in [2.75, 3.05) is 0 Å². The van der Waals surface area contributed by atoms with Gasteiger partial charge in [0.2, 0.25) is 0 Å². The zero-order chi connectivity index (χ0) is 17.7. The monoisotopic (exact) mass is 325 g/mol. The normalized spacial score (nSPS) is 9.75. The van der Waals surface area contributed by atoms with Crippen LogP contribution in [0.25, 0.3) is 0 Å². The van der Waals surface area contributed by atoms with E-state index in [4.69, 9.17) is 6.42 Å². The molecule has 0 unspecified atom stereocenters. The fourth-order valence-electron chi connectivity index (χ4n) is 2.49. The number of hydrogen-bond acceptors (Lipinski definition) is 0. The largest absolute Gasteiger partial charge is 0.120 e. The molecule has 0 aromatic rings. The number of unbranched alkanes of at least 4 members (excludes halogenated alkanes) is 10. The maximum Gasteiger partial charge on any atom is 0.0597 e. The molecule has 0 spiro atoms. The predicted octanol–water partition coefficient (Wildman–Crippen LogP) is 7.09. The molecule has 0 bridgehead atoms. The highest BCUT2D eigenvalue weighted by molar-refractivity contribution is 5.25. The Morgan fingerprint density at radius 1 is 0.667 bits per heavy atom. The second kappa shape index (κ2) is 19.7. The molecule has 24 heavy (non-hydrogen) atoms. The van der Waals surface area contributed by atoms with Crippen molar-refractivity contribution in [2.45, 2.75) is 110 Å². The molecule has 0 atom stereocenters. The summed E-state index contributed by atoms with van der Waals surface area (Å²) in [4.78, 5) is 0. The standard InChI is InChI=1S/C24H37/c1-4-7-10-13-16-19-22-24(21-18-15-12-9-6-3)23-20-17-14-11-8-5-2/h3H,4-5,7-16,18,21,23H2,1-2H3. The van der Waals surface area contributed by atoms with Gasteiger partial charge in [-0.15, -0.1) is 30.1 Å². The van der Waals surface area contributed by atoms with Crippen molar-refractivity contribution in [3.63, 3.8) is 0 Å². The van der Waals surface area contributed by atoms with E-state index < -0.39 is 0 Å². The van der Waals surface area contributed by atoms with Gasteiger partial charge in [-0.25, -0.2) is 0 Å². The van der Waals surface area contributed by atoms with Crippen molar-refractivity contribution in [3.8, 4) is 36.0 Å². The van der Waals surface area contributed by atoms with E-state index in [1.165, 1.54) is 63.7 Å². The molecule has 1 radical (unpaired) electrons. The van der Waals surface area contributed by atoms with Gasteiger partial charge >= 0.3 is 0 Å². The summed E-state index contributed by atoms with van der Waals surface area (Å²) in [5, 5.41) is 0. The average molecular weight is 326 g/mol. The summed E-state index contributed by atoms with van der Waals surface area (Å²) >= 11 is 0. The van der Waals surface area contributed by atoms with Gasteiger partial charge < -0.3 is 0 Å². The van der Waals surface area contributed by atoms with Crippen LogP contribution in [0.3, 0.4) is 0 Å². The predicted molar refractivity (Wildman–Crippen MR) is 108 cm³/mol. The maximum atomic E-state index is 5.31. The van der Waals surface area contributed by atoms with E-state index in [0.29, 0.717) is 0 Å². The molecule has 0 aliphatic rings.